The fraction of sp³-hybridized carbons (Fsp3) is 0.350. The van der Waals surface area contributed by atoms with Crippen molar-refractivity contribution in [2.45, 2.75) is 40.8 Å². The van der Waals surface area contributed by atoms with E-state index in [1.54, 1.807) is 24.1 Å². The minimum Gasteiger partial charge on any atom is -0.488 e. The van der Waals surface area contributed by atoms with Gasteiger partial charge in [0.15, 0.2) is 0 Å². The number of amides is 1. The molecule has 0 aliphatic heterocycles. The maximum absolute atomic E-state index is 13.0. The van der Waals surface area contributed by atoms with Crippen LogP contribution in [0.3, 0.4) is 0 Å². The molecule has 2 aromatic heterocycles. The van der Waals surface area contributed by atoms with Crippen LogP contribution in [0.25, 0.3) is 0 Å². The highest BCUT2D eigenvalue weighted by molar-refractivity contribution is 5.96. The molecule has 142 valence electrons. The normalized spacial score (nSPS) is 10.9. The molecule has 2 heterocycles. The molecule has 0 aliphatic rings. The lowest BCUT2D eigenvalue weighted by Gasteiger charge is -2.19. The molecule has 3 aromatic rings. The van der Waals surface area contributed by atoms with Gasteiger partial charge in [-0.05, 0) is 39.8 Å². The molecule has 7 heteroatoms. The van der Waals surface area contributed by atoms with Crippen molar-refractivity contribution in [2.75, 3.05) is 7.05 Å². The predicted molar refractivity (Wildman–Crippen MR) is 98.5 cm³/mol. The monoisotopic (exact) mass is 369 g/mol. The van der Waals surface area contributed by atoms with E-state index in [2.05, 4.69) is 10.3 Å². The molecule has 0 fully saturated rings. The van der Waals surface area contributed by atoms with Gasteiger partial charge in [-0.3, -0.25) is 4.79 Å². The minimum absolute atomic E-state index is 0.135. The van der Waals surface area contributed by atoms with Crippen molar-refractivity contribution < 1.29 is 18.6 Å². The maximum atomic E-state index is 13.0. The first-order chi connectivity index (χ1) is 12.9. The standard InChI is InChI=1S/C20H23N3O4/c1-12-17(14(3)26-21-12)10-23(5)20(24)16-8-6-7-9-19(16)25-11-18-13(2)22-27-15(18)4/h6-9H,10-11H2,1-5H3. The zero-order valence-electron chi connectivity index (χ0n) is 16.2. The summed E-state index contributed by atoms with van der Waals surface area (Å²) in [6.07, 6.45) is 0. The summed E-state index contributed by atoms with van der Waals surface area (Å²) in [5, 5.41) is 7.87. The summed E-state index contributed by atoms with van der Waals surface area (Å²) in [7, 11) is 1.75. The van der Waals surface area contributed by atoms with Gasteiger partial charge in [0.1, 0.15) is 23.9 Å². The van der Waals surface area contributed by atoms with Crippen LogP contribution in [0.1, 0.15) is 44.4 Å². The Morgan fingerprint density at radius 1 is 1.00 bits per heavy atom. The Hall–Kier alpha value is -3.09. The Kier molecular flexibility index (Phi) is 5.30. The maximum Gasteiger partial charge on any atom is 0.257 e. The Bertz CT molecular complexity index is 919. The number of carbonyl (C=O) groups is 1. The van der Waals surface area contributed by atoms with Gasteiger partial charge >= 0.3 is 0 Å². The first kappa shape index (κ1) is 18.7. The molecule has 1 aromatic carbocycles. The van der Waals surface area contributed by atoms with E-state index in [4.69, 9.17) is 13.8 Å². The molecule has 27 heavy (non-hydrogen) atoms. The summed E-state index contributed by atoms with van der Waals surface area (Å²) in [6.45, 7) is 8.12. The number of aromatic nitrogens is 2. The van der Waals surface area contributed by atoms with E-state index in [1.165, 1.54) is 0 Å². The first-order valence-corrected chi connectivity index (χ1v) is 8.69. The van der Waals surface area contributed by atoms with E-state index in [0.29, 0.717) is 30.2 Å². The van der Waals surface area contributed by atoms with Crippen molar-refractivity contribution >= 4 is 5.91 Å². The van der Waals surface area contributed by atoms with Crippen molar-refractivity contribution in [3.63, 3.8) is 0 Å². The molecule has 0 unspecified atom stereocenters. The topological polar surface area (TPSA) is 81.6 Å². The second-order valence-corrected chi connectivity index (χ2v) is 6.55. The van der Waals surface area contributed by atoms with Crippen molar-refractivity contribution in [1.29, 1.82) is 0 Å². The van der Waals surface area contributed by atoms with Crippen LogP contribution in [0, 0.1) is 27.7 Å². The molecule has 0 atom stereocenters. The van der Waals surface area contributed by atoms with Crippen LogP contribution in [0.15, 0.2) is 33.3 Å². The average Bonchev–Trinajstić information content (AvgIpc) is 3.15. The summed E-state index contributed by atoms with van der Waals surface area (Å²) in [4.78, 5) is 14.6. The third kappa shape index (κ3) is 3.86. The number of aryl methyl sites for hydroxylation is 4. The van der Waals surface area contributed by atoms with E-state index in [-0.39, 0.29) is 5.91 Å². The summed E-state index contributed by atoms with van der Waals surface area (Å²) < 4.78 is 16.3. The average molecular weight is 369 g/mol. The highest BCUT2D eigenvalue weighted by Gasteiger charge is 2.20. The van der Waals surface area contributed by atoms with Gasteiger partial charge in [0.2, 0.25) is 0 Å². The van der Waals surface area contributed by atoms with Crippen LogP contribution in [0.5, 0.6) is 5.75 Å². The number of hydrogen-bond donors (Lipinski definition) is 0. The lowest BCUT2D eigenvalue weighted by atomic mass is 10.1. The van der Waals surface area contributed by atoms with E-state index < -0.39 is 0 Å². The first-order valence-electron chi connectivity index (χ1n) is 8.69. The summed E-state index contributed by atoms with van der Waals surface area (Å²) in [5.74, 6) is 1.82. The Morgan fingerprint density at radius 3 is 2.19 bits per heavy atom. The van der Waals surface area contributed by atoms with E-state index in [9.17, 15) is 4.79 Å². The molecule has 0 aliphatic carbocycles. The zero-order valence-corrected chi connectivity index (χ0v) is 16.2. The van der Waals surface area contributed by atoms with Crippen LogP contribution in [-0.2, 0) is 13.2 Å². The highest BCUT2D eigenvalue weighted by Crippen LogP contribution is 2.24. The number of ether oxygens (including phenoxy) is 1. The van der Waals surface area contributed by atoms with Gasteiger partial charge in [0, 0.05) is 12.6 Å². The van der Waals surface area contributed by atoms with Gasteiger partial charge in [-0.2, -0.15) is 0 Å². The van der Waals surface area contributed by atoms with E-state index in [0.717, 1.165) is 28.3 Å². The number of hydrogen-bond acceptors (Lipinski definition) is 6. The lowest BCUT2D eigenvalue weighted by Crippen LogP contribution is -2.27. The SMILES string of the molecule is Cc1noc(C)c1COc1ccccc1C(=O)N(C)Cc1c(C)noc1C. The number of rotatable bonds is 6. The largest absolute Gasteiger partial charge is 0.488 e. The van der Waals surface area contributed by atoms with Gasteiger partial charge in [0.25, 0.3) is 5.91 Å². The lowest BCUT2D eigenvalue weighted by molar-refractivity contribution is 0.0779. The molecule has 0 N–H and O–H groups in total. The second-order valence-electron chi connectivity index (χ2n) is 6.55. The predicted octanol–water partition coefficient (Wildman–Crippen LogP) is 3.75. The van der Waals surface area contributed by atoms with Crippen LogP contribution >= 0.6 is 0 Å². The summed E-state index contributed by atoms with van der Waals surface area (Å²) in [5.41, 5.74) is 3.88. The number of carbonyl (C=O) groups excluding carboxylic acids is 1. The molecular weight excluding hydrogens is 346 g/mol. The van der Waals surface area contributed by atoms with Gasteiger partial charge < -0.3 is 18.7 Å². The fourth-order valence-corrected chi connectivity index (χ4v) is 2.87. The van der Waals surface area contributed by atoms with Crippen molar-refractivity contribution in [2.24, 2.45) is 0 Å². The third-order valence-electron chi connectivity index (χ3n) is 4.59. The van der Waals surface area contributed by atoms with Crippen LogP contribution in [0.4, 0.5) is 0 Å². The number of benzene rings is 1. The molecule has 0 radical (unpaired) electrons. The van der Waals surface area contributed by atoms with E-state index >= 15 is 0 Å². The van der Waals surface area contributed by atoms with Crippen molar-refractivity contribution in [3.05, 3.63) is 63.9 Å². The molecule has 1 amide bonds. The molecule has 0 spiro atoms. The quantitative estimate of drug-likeness (QED) is 0.658. The molecule has 3 rings (SSSR count). The smallest absolute Gasteiger partial charge is 0.257 e. The molecule has 0 saturated carbocycles. The Balaban J connectivity index is 1.77. The molecule has 0 bridgehead atoms. The van der Waals surface area contributed by atoms with Crippen molar-refractivity contribution in [1.82, 2.24) is 15.2 Å². The highest BCUT2D eigenvalue weighted by atomic mass is 16.5. The molecule has 0 saturated heterocycles. The van der Waals surface area contributed by atoms with Crippen LogP contribution in [0.2, 0.25) is 0 Å². The molecule has 7 nitrogen and oxygen atoms in total. The van der Waals surface area contributed by atoms with Crippen LogP contribution in [-0.4, -0.2) is 28.2 Å². The zero-order chi connectivity index (χ0) is 19.6. The van der Waals surface area contributed by atoms with Gasteiger partial charge in [-0.25, -0.2) is 0 Å². The third-order valence-corrected chi connectivity index (χ3v) is 4.59. The Morgan fingerprint density at radius 2 is 1.59 bits per heavy atom. The summed E-state index contributed by atoms with van der Waals surface area (Å²) >= 11 is 0. The molecular formula is C20H23N3O4. The van der Waals surface area contributed by atoms with E-state index in [1.807, 2.05) is 39.8 Å². The van der Waals surface area contributed by atoms with Gasteiger partial charge in [-0.15, -0.1) is 0 Å². The van der Waals surface area contributed by atoms with Gasteiger partial charge in [0.05, 0.1) is 29.1 Å². The van der Waals surface area contributed by atoms with Crippen LogP contribution < -0.4 is 4.74 Å². The second kappa shape index (κ2) is 7.65. The minimum atomic E-state index is -0.135. The number of para-hydroxylation sites is 1. The fourth-order valence-electron chi connectivity index (χ4n) is 2.87. The summed E-state index contributed by atoms with van der Waals surface area (Å²) in [6, 6.07) is 7.21. The Labute approximate surface area is 157 Å². The number of nitrogens with zero attached hydrogens (tertiary/aromatic N) is 3. The van der Waals surface area contributed by atoms with Crippen molar-refractivity contribution in [3.8, 4) is 5.75 Å². The van der Waals surface area contributed by atoms with Gasteiger partial charge in [-0.1, -0.05) is 22.4 Å².